The van der Waals surface area contributed by atoms with Gasteiger partial charge < -0.3 is 14.2 Å². The molecule has 0 amide bonds. The fraction of sp³-hybridized carbons (Fsp3) is 0.966. The largest absolute Gasteiger partial charge is 0.462 e. The fourth-order valence-corrected chi connectivity index (χ4v) is 9.22. The maximum Gasteiger partial charge on any atom is 0.306 e. The van der Waals surface area contributed by atoms with E-state index in [2.05, 4.69) is 20.8 Å². The van der Waals surface area contributed by atoms with Crippen LogP contribution in [0.15, 0.2) is 0 Å². The average Bonchev–Trinajstić information content (AvgIpc) is 3.30. The van der Waals surface area contributed by atoms with Crippen LogP contribution in [0.4, 0.5) is 0 Å². The van der Waals surface area contributed by atoms with Gasteiger partial charge in [0.15, 0.2) is 6.10 Å². The predicted molar refractivity (Wildman–Crippen MR) is 280 cm³/mol. The molecule has 1 unspecified atom stereocenters. The van der Waals surface area contributed by atoms with Crippen LogP contribution in [-0.4, -0.2) is 37.9 Å². The van der Waals surface area contributed by atoms with Gasteiger partial charge in [-0.05, 0) is 19.3 Å². The molecule has 0 aliphatic heterocycles. The summed E-state index contributed by atoms with van der Waals surface area (Å²) in [5, 5.41) is 0. The molecule has 0 bridgehead atoms. The summed E-state index contributed by atoms with van der Waals surface area (Å²) in [6.07, 6.45) is 64.2. The van der Waals surface area contributed by atoms with Crippen molar-refractivity contribution in [2.45, 2.75) is 348 Å². The molecule has 0 rings (SSSR count). The van der Waals surface area contributed by atoms with Crippen molar-refractivity contribution in [2.24, 2.45) is 0 Å². The van der Waals surface area contributed by atoms with Crippen molar-refractivity contribution in [1.82, 2.24) is 0 Å². The molecule has 0 radical (unpaired) electrons. The van der Waals surface area contributed by atoms with Crippen molar-refractivity contribution >= 4 is 11.9 Å². The lowest BCUT2D eigenvalue weighted by molar-refractivity contribution is -0.163. The Kier molecular flexibility index (Phi) is 55.3. The molecule has 382 valence electrons. The van der Waals surface area contributed by atoms with Crippen molar-refractivity contribution in [3.63, 3.8) is 0 Å². The summed E-state index contributed by atoms with van der Waals surface area (Å²) in [6, 6.07) is 0. The van der Waals surface area contributed by atoms with E-state index in [0.717, 1.165) is 32.1 Å². The quantitative estimate of drug-likeness (QED) is 0.0449. The predicted octanol–water partition coefficient (Wildman–Crippen LogP) is 20.0. The summed E-state index contributed by atoms with van der Waals surface area (Å²) < 4.78 is 17.5. The lowest BCUT2D eigenvalue weighted by atomic mass is 10.0. The van der Waals surface area contributed by atoms with E-state index in [1.165, 1.54) is 276 Å². The molecule has 0 aromatic heterocycles. The van der Waals surface area contributed by atoms with Gasteiger partial charge in [0.05, 0.1) is 6.61 Å². The number of hydrogen-bond acceptors (Lipinski definition) is 5. The third-order valence-corrected chi connectivity index (χ3v) is 13.6. The average molecular weight is 906 g/mol. The smallest absolute Gasteiger partial charge is 0.306 e. The molecule has 0 N–H and O–H groups in total. The van der Waals surface area contributed by atoms with Gasteiger partial charge in [-0.3, -0.25) is 9.59 Å². The summed E-state index contributed by atoms with van der Waals surface area (Å²) >= 11 is 0. The minimum absolute atomic E-state index is 0.0983. The summed E-state index contributed by atoms with van der Waals surface area (Å²) in [5.41, 5.74) is 0. The Hall–Kier alpha value is -1.10. The van der Waals surface area contributed by atoms with Crippen LogP contribution in [0.3, 0.4) is 0 Å². The van der Waals surface area contributed by atoms with Crippen molar-refractivity contribution in [3.8, 4) is 0 Å². The highest BCUT2D eigenvalue weighted by Crippen LogP contribution is 2.18. The molecule has 0 aliphatic carbocycles. The first kappa shape index (κ1) is 62.9. The van der Waals surface area contributed by atoms with Gasteiger partial charge in [0.2, 0.25) is 0 Å². The highest BCUT2D eigenvalue weighted by molar-refractivity contribution is 5.70. The second kappa shape index (κ2) is 56.2. The highest BCUT2D eigenvalue weighted by atomic mass is 16.6. The van der Waals surface area contributed by atoms with Crippen LogP contribution >= 0.6 is 0 Å². The molecule has 0 aromatic rings. The zero-order valence-electron chi connectivity index (χ0n) is 44.1. The molecule has 0 saturated heterocycles. The minimum Gasteiger partial charge on any atom is -0.462 e. The van der Waals surface area contributed by atoms with Gasteiger partial charge in [0.25, 0.3) is 0 Å². The molecule has 1 atom stereocenters. The Morgan fingerprint density at radius 3 is 0.797 bits per heavy atom. The standard InChI is InChI=1S/C59H116O5/c1-4-7-10-13-16-19-22-24-26-28-29-30-32-34-36-39-42-45-48-51-54-62-55-57(64-59(61)53-50-47-44-41-37-21-18-15-12-9-6-3)56-63-58(60)52-49-46-43-40-38-35-33-31-27-25-23-20-17-14-11-8-5-2/h57H,4-56H2,1-3H3. The maximum absolute atomic E-state index is 12.8. The van der Waals surface area contributed by atoms with Gasteiger partial charge in [-0.1, -0.05) is 310 Å². The van der Waals surface area contributed by atoms with Crippen LogP contribution in [0.1, 0.15) is 342 Å². The zero-order chi connectivity index (χ0) is 46.3. The molecule has 0 spiro atoms. The monoisotopic (exact) mass is 905 g/mol. The van der Waals surface area contributed by atoms with E-state index in [1.54, 1.807) is 0 Å². The van der Waals surface area contributed by atoms with E-state index in [9.17, 15) is 9.59 Å². The molecule has 0 aromatic carbocycles. The second-order valence-corrected chi connectivity index (χ2v) is 20.3. The summed E-state index contributed by atoms with van der Waals surface area (Å²) in [7, 11) is 0. The number of ether oxygens (including phenoxy) is 3. The number of carbonyl (C=O) groups is 2. The molecule has 5 nitrogen and oxygen atoms in total. The molecule has 0 fully saturated rings. The SMILES string of the molecule is CCCCCCCCCCCCCCCCCCCCCCOCC(COC(=O)CCCCCCCCCCCCCCCCCCC)OC(=O)CCCCCCCCCCCCC. The molecule has 0 heterocycles. The lowest BCUT2D eigenvalue weighted by Crippen LogP contribution is -2.30. The number of hydrogen-bond donors (Lipinski definition) is 0. The first-order valence-corrected chi connectivity index (χ1v) is 29.6. The molecule has 64 heavy (non-hydrogen) atoms. The summed E-state index contributed by atoms with van der Waals surface area (Å²) in [4.78, 5) is 25.5. The molecule has 5 heteroatoms. The van der Waals surface area contributed by atoms with Crippen molar-refractivity contribution in [2.75, 3.05) is 19.8 Å². The van der Waals surface area contributed by atoms with Crippen molar-refractivity contribution in [1.29, 1.82) is 0 Å². The van der Waals surface area contributed by atoms with Crippen LogP contribution in [0.25, 0.3) is 0 Å². The van der Waals surface area contributed by atoms with Crippen molar-refractivity contribution in [3.05, 3.63) is 0 Å². The molecular formula is C59H116O5. The summed E-state index contributed by atoms with van der Waals surface area (Å²) in [6.45, 7) is 7.92. The Labute approximate surface area is 402 Å². The first-order chi connectivity index (χ1) is 31.6. The van der Waals surface area contributed by atoms with Crippen molar-refractivity contribution < 1.29 is 23.8 Å². The topological polar surface area (TPSA) is 61.8 Å². The zero-order valence-corrected chi connectivity index (χ0v) is 44.1. The van der Waals surface area contributed by atoms with Gasteiger partial charge in [0.1, 0.15) is 6.61 Å². The number of carbonyl (C=O) groups excluding carboxylic acids is 2. The number of esters is 2. The van der Waals surface area contributed by atoms with Crippen LogP contribution in [-0.2, 0) is 23.8 Å². The van der Waals surface area contributed by atoms with Crippen LogP contribution in [0.5, 0.6) is 0 Å². The van der Waals surface area contributed by atoms with E-state index < -0.39 is 6.10 Å². The van der Waals surface area contributed by atoms with Gasteiger partial charge in [-0.15, -0.1) is 0 Å². The van der Waals surface area contributed by atoms with E-state index in [4.69, 9.17) is 14.2 Å². The molecule has 0 saturated carbocycles. The van der Waals surface area contributed by atoms with Gasteiger partial charge in [-0.2, -0.15) is 0 Å². The Morgan fingerprint density at radius 2 is 0.516 bits per heavy atom. The van der Waals surface area contributed by atoms with E-state index in [1.807, 2.05) is 0 Å². The van der Waals surface area contributed by atoms with Gasteiger partial charge in [-0.25, -0.2) is 0 Å². The van der Waals surface area contributed by atoms with Crippen LogP contribution in [0, 0.1) is 0 Å². The Balaban J connectivity index is 4.11. The Bertz CT molecular complexity index is 891. The lowest BCUT2D eigenvalue weighted by Gasteiger charge is -2.18. The van der Waals surface area contributed by atoms with Crippen LogP contribution < -0.4 is 0 Å². The third-order valence-electron chi connectivity index (χ3n) is 13.6. The van der Waals surface area contributed by atoms with Gasteiger partial charge in [0, 0.05) is 19.4 Å². The highest BCUT2D eigenvalue weighted by Gasteiger charge is 2.18. The molecular weight excluding hydrogens is 789 g/mol. The summed E-state index contributed by atoms with van der Waals surface area (Å²) in [5.74, 6) is -0.367. The third kappa shape index (κ3) is 53.5. The van der Waals surface area contributed by atoms with E-state index in [0.29, 0.717) is 26.1 Å². The molecule has 0 aliphatic rings. The van der Waals surface area contributed by atoms with E-state index >= 15 is 0 Å². The Morgan fingerprint density at radius 1 is 0.281 bits per heavy atom. The second-order valence-electron chi connectivity index (χ2n) is 20.3. The van der Waals surface area contributed by atoms with Crippen LogP contribution in [0.2, 0.25) is 0 Å². The van der Waals surface area contributed by atoms with Gasteiger partial charge >= 0.3 is 11.9 Å². The minimum atomic E-state index is -0.523. The number of rotatable bonds is 56. The first-order valence-electron chi connectivity index (χ1n) is 29.6. The fourth-order valence-electron chi connectivity index (χ4n) is 9.22. The maximum atomic E-state index is 12.8. The number of unbranched alkanes of at least 4 members (excludes halogenated alkanes) is 45. The normalized spacial score (nSPS) is 12.0. The van der Waals surface area contributed by atoms with E-state index in [-0.39, 0.29) is 18.5 Å².